The highest BCUT2D eigenvalue weighted by atomic mass is 32.2. The number of halogens is 3. The SMILES string of the molecule is C/C=C/CC(NC(=O)CNS(=O)(=O)c1cccc(C(F)(F)F)c1)C(=O)O. The van der Waals surface area contributed by atoms with Crippen molar-refractivity contribution < 1.29 is 36.3 Å². The molecule has 1 unspecified atom stereocenters. The van der Waals surface area contributed by atoms with Gasteiger partial charge in [0.1, 0.15) is 6.04 Å². The highest BCUT2D eigenvalue weighted by molar-refractivity contribution is 7.89. The van der Waals surface area contributed by atoms with Crippen LogP contribution in [0.5, 0.6) is 0 Å². The number of alkyl halides is 3. The number of aliphatic carboxylic acids is 1. The van der Waals surface area contributed by atoms with Gasteiger partial charge >= 0.3 is 12.1 Å². The second kappa shape index (κ2) is 8.81. The molecular formula is C15H17F3N2O5S. The van der Waals surface area contributed by atoms with Crippen LogP contribution in [-0.2, 0) is 25.8 Å². The fourth-order valence-electron chi connectivity index (χ4n) is 1.82. The minimum absolute atomic E-state index is 0.00203. The number of carboxylic acids is 1. The Kier molecular flexibility index (Phi) is 7.33. The van der Waals surface area contributed by atoms with E-state index in [1.54, 1.807) is 13.0 Å². The smallest absolute Gasteiger partial charge is 0.416 e. The summed E-state index contributed by atoms with van der Waals surface area (Å²) in [6.07, 6.45) is -1.63. The van der Waals surface area contributed by atoms with Crippen molar-refractivity contribution in [3.63, 3.8) is 0 Å². The standard InChI is InChI=1S/C15H17F3N2O5S/c1-2-3-7-12(14(22)23)20-13(21)9-19-26(24,25)11-6-4-5-10(8-11)15(16,17)18/h2-6,8,12,19H,7,9H2,1H3,(H,20,21)(H,22,23)/b3-2+. The summed E-state index contributed by atoms with van der Waals surface area (Å²) in [7, 11) is -4.38. The zero-order valence-corrected chi connectivity index (χ0v) is 14.4. The van der Waals surface area contributed by atoms with Gasteiger partial charge in [-0.05, 0) is 31.5 Å². The van der Waals surface area contributed by atoms with Gasteiger partial charge in [0.15, 0.2) is 0 Å². The molecule has 1 atom stereocenters. The number of amides is 1. The van der Waals surface area contributed by atoms with Crippen LogP contribution in [0.3, 0.4) is 0 Å². The number of hydrogen-bond acceptors (Lipinski definition) is 4. The van der Waals surface area contributed by atoms with Crippen LogP contribution < -0.4 is 10.0 Å². The normalized spacial score (nSPS) is 13.5. The van der Waals surface area contributed by atoms with Crippen LogP contribution in [0.2, 0.25) is 0 Å². The third kappa shape index (κ3) is 6.48. The van der Waals surface area contributed by atoms with Gasteiger partial charge < -0.3 is 10.4 Å². The Hall–Kier alpha value is -2.40. The molecule has 0 radical (unpaired) electrons. The van der Waals surface area contributed by atoms with E-state index in [1.165, 1.54) is 6.08 Å². The van der Waals surface area contributed by atoms with Crippen molar-refractivity contribution in [1.82, 2.24) is 10.0 Å². The molecule has 0 bridgehead atoms. The molecule has 3 N–H and O–H groups in total. The molecule has 0 aliphatic rings. The highest BCUT2D eigenvalue weighted by Crippen LogP contribution is 2.30. The van der Waals surface area contributed by atoms with Crippen molar-refractivity contribution in [2.45, 2.75) is 30.5 Å². The van der Waals surface area contributed by atoms with E-state index in [4.69, 9.17) is 5.11 Å². The first-order chi connectivity index (χ1) is 12.0. The number of carbonyl (C=O) groups excluding carboxylic acids is 1. The van der Waals surface area contributed by atoms with Crippen LogP contribution in [0.4, 0.5) is 13.2 Å². The lowest BCUT2D eigenvalue weighted by Gasteiger charge is -2.13. The maximum absolute atomic E-state index is 12.7. The zero-order valence-electron chi connectivity index (χ0n) is 13.6. The molecule has 11 heteroatoms. The van der Waals surface area contributed by atoms with E-state index in [9.17, 15) is 31.2 Å². The molecule has 1 rings (SSSR count). The lowest BCUT2D eigenvalue weighted by molar-refractivity contribution is -0.141. The first-order valence-electron chi connectivity index (χ1n) is 7.27. The zero-order chi connectivity index (χ0) is 20.0. The number of nitrogens with one attached hydrogen (secondary N) is 2. The fourth-order valence-corrected chi connectivity index (χ4v) is 2.85. The molecule has 144 valence electrons. The van der Waals surface area contributed by atoms with Gasteiger partial charge in [-0.1, -0.05) is 18.2 Å². The minimum Gasteiger partial charge on any atom is -0.480 e. The average molecular weight is 394 g/mol. The van der Waals surface area contributed by atoms with Gasteiger partial charge in [-0.2, -0.15) is 13.2 Å². The monoisotopic (exact) mass is 394 g/mol. The Labute approximate surface area is 148 Å². The highest BCUT2D eigenvalue weighted by Gasteiger charge is 2.31. The predicted molar refractivity (Wildman–Crippen MR) is 85.6 cm³/mol. The number of carboxylic acid groups (broad SMARTS) is 1. The molecule has 0 aromatic heterocycles. The minimum atomic E-state index is -4.72. The van der Waals surface area contributed by atoms with E-state index in [2.05, 4.69) is 5.32 Å². The Morgan fingerprint density at radius 2 is 1.96 bits per heavy atom. The molecule has 26 heavy (non-hydrogen) atoms. The quantitative estimate of drug-likeness (QED) is 0.579. The number of allylic oxidation sites excluding steroid dienone is 1. The molecule has 0 saturated heterocycles. The van der Waals surface area contributed by atoms with Crippen molar-refractivity contribution >= 4 is 21.9 Å². The van der Waals surface area contributed by atoms with Crippen molar-refractivity contribution in [3.8, 4) is 0 Å². The van der Waals surface area contributed by atoms with Crippen LogP contribution >= 0.6 is 0 Å². The second-order valence-electron chi connectivity index (χ2n) is 5.11. The molecular weight excluding hydrogens is 377 g/mol. The van der Waals surface area contributed by atoms with Crippen molar-refractivity contribution in [2.75, 3.05) is 6.54 Å². The van der Waals surface area contributed by atoms with Crippen LogP contribution in [0, 0.1) is 0 Å². The molecule has 1 amide bonds. The van der Waals surface area contributed by atoms with E-state index >= 15 is 0 Å². The van der Waals surface area contributed by atoms with Gasteiger partial charge in [0.05, 0.1) is 17.0 Å². The van der Waals surface area contributed by atoms with E-state index in [1.807, 2.05) is 4.72 Å². The molecule has 0 spiro atoms. The van der Waals surface area contributed by atoms with E-state index in [0.717, 1.165) is 12.1 Å². The summed E-state index contributed by atoms with van der Waals surface area (Å²) in [6.45, 7) is 0.835. The van der Waals surface area contributed by atoms with Gasteiger partial charge in [0.2, 0.25) is 15.9 Å². The number of rotatable bonds is 8. The maximum Gasteiger partial charge on any atom is 0.416 e. The lowest BCUT2D eigenvalue weighted by atomic mass is 10.2. The van der Waals surface area contributed by atoms with Crippen LogP contribution in [0.1, 0.15) is 18.9 Å². The molecule has 0 fully saturated rings. The van der Waals surface area contributed by atoms with Crippen LogP contribution in [0.15, 0.2) is 41.3 Å². The number of sulfonamides is 1. The second-order valence-corrected chi connectivity index (χ2v) is 6.88. The number of carbonyl (C=O) groups is 2. The number of benzene rings is 1. The summed E-state index contributed by atoms with van der Waals surface area (Å²) >= 11 is 0. The lowest BCUT2D eigenvalue weighted by Crippen LogP contribution is -2.45. The van der Waals surface area contributed by atoms with Gasteiger partial charge in [-0.15, -0.1) is 0 Å². The van der Waals surface area contributed by atoms with Crippen molar-refractivity contribution in [3.05, 3.63) is 42.0 Å². The topological polar surface area (TPSA) is 113 Å². The maximum atomic E-state index is 12.7. The molecule has 0 aliphatic carbocycles. The summed E-state index contributed by atoms with van der Waals surface area (Å²) in [4.78, 5) is 22.1. The summed E-state index contributed by atoms with van der Waals surface area (Å²) in [5, 5.41) is 11.1. The molecule has 1 aromatic carbocycles. The molecule has 1 aromatic rings. The predicted octanol–water partition coefficient (Wildman–Crippen LogP) is 1.52. The van der Waals surface area contributed by atoms with Crippen molar-refractivity contribution in [2.24, 2.45) is 0 Å². The van der Waals surface area contributed by atoms with Crippen LogP contribution in [0.25, 0.3) is 0 Å². The summed E-state index contributed by atoms with van der Waals surface area (Å²) in [5.74, 6) is -2.24. The third-order valence-corrected chi connectivity index (χ3v) is 4.53. The summed E-state index contributed by atoms with van der Waals surface area (Å²) < 4.78 is 63.8. The Bertz CT molecular complexity index is 791. The van der Waals surface area contributed by atoms with E-state index < -0.39 is 51.1 Å². The van der Waals surface area contributed by atoms with Gasteiger partial charge in [-0.25, -0.2) is 17.9 Å². The van der Waals surface area contributed by atoms with E-state index in [0.29, 0.717) is 12.1 Å². The molecule has 0 aliphatic heterocycles. The largest absolute Gasteiger partial charge is 0.480 e. The number of hydrogen-bond donors (Lipinski definition) is 3. The van der Waals surface area contributed by atoms with Crippen LogP contribution in [-0.4, -0.2) is 38.0 Å². The van der Waals surface area contributed by atoms with Gasteiger partial charge in [0.25, 0.3) is 0 Å². The molecule has 0 saturated carbocycles. The first-order valence-corrected chi connectivity index (χ1v) is 8.76. The first kappa shape index (κ1) is 21.6. The average Bonchev–Trinajstić information content (AvgIpc) is 2.56. The van der Waals surface area contributed by atoms with Gasteiger partial charge in [0, 0.05) is 0 Å². The van der Waals surface area contributed by atoms with E-state index in [-0.39, 0.29) is 6.42 Å². The van der Waals surface area contributed by atoms with Crippen molar-refractivity contribution in [1.29, 1.82) is 0 Å². The summed E-state index contributed by atoms with van der Waals surface area (Å²) in [6, 6.07) is 1.77. The Morgan fingerprint density at radius 1 is 1.31 bits per heavy atom. The summed E-state index contributed by atoms with van der Waals surface area (Å²) in [5.41, 5.74) is -1.15. The van der Waals surface area contributed by atoms with Gasteiger partial charge in [-0.3, -0.25) is 4.79 Å². The molecule has 0 heterocycles. The fraction of sp³-hybridized carbons (Fsp3) is 0.333. The third-order valence-electron chi connectivity index (χ3n) is 3.14. The molecule has 7 nitrogen and oxygen atoms in total. The Morgan fingerprint density at radius 3 is 2.50 bits per heavy atom. The Balaban J connectivity index is 2.79.